The Morgan fingerprint density at radius 1 is 1.28 bits per heavy atom. The lowest BCUT2D eigenvalue weighted by Gasteiger charge is -2.11. The van der Waals surface area contributed by atoms with Crippen molar-refractivity contribution in [3.05, 3.63) is 53.2 Å². The number of phenols is 1. The molecule has 6 nitrogen and oxygen atoms in total. The average molecular weight is 408 g/mol. The van der Waals surface area contributed by atoms with Crippen LogP contribution in [0, 0.1) is 13.8 Å². The number of carbonyl (C=O) groups is 1. The molecule has 4 rings (SSSR count). The topological polar surface area (TPSA) is 98.6 Å². The van der Waals surface area contributed by atoms with Gasteiger partial charge in [0.2, 0.25) is 5.88 Å². The first-order valence-corrected chi connectivity index (χ1v) is 9.97. The molecule has 0 aliphatic carbocycles. The van der Waals surface area contributed by atoms with E-state index in [9.17, 15) is 9.90 Å². The predicted octanol–water partition coefficient (Wildman–Crippen LogP) is 5.21. The van der Waals surface area contributed by atoms with Crippen LogP contribution >= 0.6 is 11.8 Å². The Balaban J connectivity index is 2.05. The second-order valence-corrected chi connectivity index (χ2v) is 7.78. The second-order valence-electron chi connectivity index (χ2n) is 6.69. The number of nitrogens with two attached hydrogens (primary N) is 1. The second kappa shape index (κ2) is 7.33. The summed E-state index contributed by atoms with van der Waals surface area (Å²) in [7, 11) is 0. The van der Waals surface area contributed by atoms with E-state index in [0.717, 1.165) is 10.5 Å². The quantitative estimate of drug-likeness (QED) is 0.447. The minimum absolute atomic E-state index is 0.0253. The zero-order chi connectivity index (χ0) is 20.7. The van der Waals surface area contributed by atoms with Crippen LogP contribution in [0.5, 0.6) is 5.75 Å². The highest BCUT2D eigenvalue weighted by atomic mass is 32.2. The lowest BCUT2D eigenvalue weighted by molar-refractivity contribution is 0.0529. The van der Waals surface area contributed by atoms with Gasteiger partial charge in [0.15, 0.2) is 5.75 Å². The van der Waals surface area contributed by atoms with Crippen LogP contribution in [0.25, 0.3) is 21.9 Å². The highest BCUT2D eigenvalue weighted by molar-refractivity contribution is 7.99. The van der Waals surface area contributed by atoms with Crippen LogP contribution in [0.4, 0.5) is 5.88 Å². The number of anilines is 1. The van der Waals surface area contributed by atoms with Gasteiger partial charge in [-0.2, -0.15) is 0 Å². The number of nitrogens with zero attached hydrogens (tertiary/aromatic N) is 1. The summed E-state index contributed by atoms with van der Waals surface area (Å²) in [6.45, 7) is 5.98. The number of hydrogen-bond acceptors (Lipinski definition) is 7. The van der Waals surface area contributed by atoms with Gasteiger partial charge in [-0.1, -0.05) is 17.8 Å². The third-order valence-electron chi connectivity index (χ3n) is 4.83. The number of phenolic OH excluding ortho intramolecular Hbond substituents is 1. The minimum atomic E-state index is -0.590. The first-order valence-electron chi connectivity index (χ1n) is 9.16. The van der Waals surface area contributed by atoms with Crippen LogP contribution in [0.3, 0.4) is 0 Å². The molecule has 0 aliphatic heterocycles. The predicted molar refractivity (Wildman–Crippen MR) is 114 cm³/mol. The number of furan rings is 1. The summed E-state index contributed by atoms with van der Waals surface area (Å²) in [5.41, 5.74) is 9.26. The van der Waals surface area contributed by atoms with Crippen LogP contribution in [-0.4, -0.2) is 22.7 Å². The fourth-order valence-electron chi connectivity index (χ4n) is 3.26. The molecule has 0 spiro atoms. The molecule has 0 bridgehead atoms. The van der Waals surface area contributed by atoms with E-state index in [1.165, 1.54) is 17.3 Å². The standard InChI is InChI=1S/C22H20N2O4S/c1-4-27-22(26)16-15-19(28-21(16)23)14-6-5-9-24-17(14)18(25)20(15)29-13-8-7-11(2)12(3)10-13/h5-10,25H,4,23H2,1-3H3. The van der Waals surface area contributed by atoms with Crippen LogP contribution in [0.15, 0.2) is 50.7 Å². The monoisotopic (exact) mass is 408 g/mol. The van der Waals surface area contributed by atoms with E-state index in [-0.39, 0.29) is 23.8 Å². The average Bonchev–Trinajstić information content (AvgIpc) is 3.05. The van der Waals surface area contributed by atoms with Crippen LogP contribution in [0.2, 0.25) is 0 Å². The first-order chi connectivity index (χ1) is 13.9. The molecular formula is C22H20N2O4S. The van der Waals surface area contributed by atoms with E-state index < -0.39 is 5.97 Å². The zero-order valence-corrected chi connectivity index (χ0v) is 17.1. The lowest BCUT2D eigenvalue weighted by atomic mass is 10.1. The Morgan fingerprint density at radius 2 is 2.07 bits per heavy atom. The molecule has 7 heteroatoms. The molecule has 0 amide bonds. The van der Waals surface area contributed by atoms with Crippen molar-refractivity contribution in [1.82, 2.24) is 4.98 Å². The fraction of sp³-hybridized carbons (Fsp3) is 0.182. The molecule has 3 N–H and O–H groups in total. The Kier molecular flexibility index (Phi) is 4.84. The van der Waals surface area contributed by atoms with Gasteiger partial charge >= 0.3 is 5.97 Å². The number of pyridine rings is 1. The Morgan fingerprint density at radius 3 is 2.79 bits per heavy atom. The molecule has 148 valence electrons. The van der Waals surface area contributed by atoms with Crippen LogP contribution in [0.1, 0.15) is 28.4 Å². The molecule has 0 saturated heterocycles. The van der Waals surface area contributed by atoms with E-state index in [0.29, 0.717) is 26.8 Å². The molecule has 0 fully saturated rings. The molecule has 0 atom stereocenters. The Labute approximate surface area is 171 Å². The van der Waals surface area contributed by atoms with Crippen molar-refractivity contribution >= 4 is 45.5 Å². The molecule has 2 heterocycles. The third-order valence-corrected chi connectivity index (χ3v) is 5.92. The number of aryl methyl sites for hydroxylation is 2. The number of aromatic hydroxyl groups is 1. The molecule has 29 heavy (non-hydrogen) atoms. The van der Waals surface area contributed by atoms with Crippen molar-refractivity contribution in [2.45, 2.75) is 30.6 Å². The van der Waals surface area contributed by atoms with E-state index in [1.807, 2.05) is 32.0 Å². The summed E-state index contributed by atoms with van der Waals surface area (Å²) < 4.78 is 11.0. The lowest BCUT2D eigenvalue weighted by Crippen LogP contribution is -2.06. The number of nitrogen functional groups attached to an aromatic ring is 1. The maximum Gasteiger partial charge on any atom is 0.344 e. The highest BCUT2D eigenvalue weighted by Crippen LogP contribution is 2.48. The maximum atomic E-state index is 12.6. The van der Waals surface area contributed by atoms with Gasteiger partial charge in [0, 0.05) is 16.5 Å². The number of ether oxygens (including phenoxy) is 1. The largest absolute Gasteiger partial charge is 0.505 e. The third kappa shape index (κ3) is 3.17. The number of fused-ring (bicyclic) bond motifs is 3. The van der Waals surface area contributed by atoms with E-state index >= 15 is 0 Å². The maximum absolute atomic E-state index is 12.6. The van der Waals surface area contributed by atoms with Crippen molar-refractivity contribution in [1.29, 1.82) is 0 Å². The summed E-state index contributed by atoms with van der Waals surface area (Å²) in [5, 5.41) is 12.1. The number of esters is 1. The first kappa shape index (κ1) is 19.1. The Bertz CT molecular complexity index is 1260. The summed E-state index contributed by atoms with van der Waals surface area (Å²) in [5.74, 6) is -0.660. The molecule has 0 unspecified atom stereocenters. The molecule has 0 saturated carbocycles. The van der Waals surface area contributed by atoms with Gasteiger partial charge in [-0.25, -0.2) is 4.79 Å². The van der Waals surface area contributed by atoms with E-state index in [1.54, 1.807) is 25.3 Å². The molecule has 0 radical (unpaired) electrons. The SMILES string of the molecule is CCOC(=O)c1c(N)oc2c1c(Sc1ccc(C)c(C)c1)c(O)c1ncccc12. The molecule has 0 aliphatic rings. The summed E-state index contributed by atoms with van der Waals surface area (Å²) in [4.78, 5) is 18.3. The van der Waals surface area contributed by atoms with Crippen molar-refractivity contribution < 1.29 is 19.1 Å². The number of aromatic nitrogens is 1. The van der Waals surface area contributed by atoms with Gasteiger partial charge in [0.05, 0.1) is 16.9 Å². The smallest absolute Gasteiger partial charge is 0.344 e. The van der Waals surface area contributed by atoms with E-state index in [2.05, 4.69) is 4.98 Å². The molecule has 2 aromatic carbocycles. The van der Waals surface area contributed by atoms with Crippen LogP contribution in [-0.2, 0) is 4.74 Å². The van der Waals surface area contributed by atoms with Crippen molar-refractivity contribution in [2.24, 2.45) is 0 Å². The normalized spacial score (nSPS) is 11.3. The number of benzene rings is 2. The number of carbonyl (C=O) groups excluding carboxylic acids is 1. The zero-order valence-electron chi connectivity index (χ0n) is 16.3. The van der Waals surface area contributed by atoms with Gasteiger partial charge in [0.25, 0.3) is 0 Å². The number of rotatable bonds is 4. The number of hydrogen-bond donors (Lipinski definition) is 2. The molecule has 4 aromatic rings. The van der Waals surface area contributed by atoms with Gasteiger partial charge in [-0.3, -0.25) is 4.98 Å². The van der Waals surface area contributed by atoms with Gasteiger partial charge in [-0.05, 0) is 56.2 Å². The fourth-order valence-corrected chi connectivity index (χ4v) is 4.36. The molecule has 2 aromatic heterocycles. The van der Waals surface area contributed by atoms with Gasteiger partial charge in [-0.15, -0.1) is 0 Å². The Hall–Kier alpha value is -3.19. The van der Waals surface area contributed by atoms with Crippen LogP contribution < -0.4 is 5.73 Å². The molecular weight excluding hydrogens is 388 g/mol. The van der Waals surface area contributed by atoms with Crippen molar-refractivity contribution in [3.63, 3.8) is 0 Å². The van der Waals surface area contributed by atoms with Gasteiger partial charge in [0.1, 0.15) is 16.7 Å². The summed E-state index contributed by atoms with van der Waals surface area (Å²) in [6.07, 6.45) is 1.59. The van der Waals surface area contributed by atoms with Crippen molar-refractivity contribution in [2.75, 3.05) is 12.3 Å². The van der Waals surface area contributed by atoms with E-state index in [4.69, 9.17) is 14.9 Å². The minimum Gasteiger partial charge on any atom is -0.505 e. The van der Waals surface area contributed by atoms with Gasteiger partial charge < -0.3 is 20.0 Å². The van der Waals surface area contributed by atoms with Crippen molar-refractivity contribution in [3.8, 4) is 5.75 Å². The highest BCUT2D eigenvalue weighted by Gasteiger charge is 2.28. The summed E-state index contributed by atoms with van der Waals surface area (Å²) >= 11 is 1.33. The summed E-state index contributed by atoms with van der Waals surface area (Å²) in [6, 6.07) is 9.52.